The highest BCUT2D eigenvalue weighted by atomic mass is 32.2. The van der Waals surface area contributed by atoms with Gasteiger partial charge in [-0.25, -0.2) is 0 Å². The van der Waals surface area contributed by atoms with Crippen LogP contribution in [0, 0.1) is 6.92 Å². The molecular weight excluding hydrogens is 528 g/mol. The predicted molar refractivity (Wildman–Crippen MR) is 154 cm³/mol. The number of pyridine rings is 1. The number of aliphatic hydroxyl groups is 1. The van der Waals surface area contributed by atoms with E-state index in [4.69, 9.17) is 0 Å². The average molecular weight is 563 g/mol. The molecule has 1 aliphatic heterocycles. The molecule has 9 nitrogen and oxygen atoms in total. The Morgan fingerprint density at radius 1 is 1.07 bits per heavy atom. The second-order valence-electron chi connectivity index (χ2n) is 10.3. The largest absolute Gasteiger partial charge is 0.508 e. The molecule has 2 heterocycles. The predicted octanol–water partition coefficient (Wildman–Crippen LogP) is 2.79. The second-order valence-corrected chi connectivity index (χ2v) is 11.9. The van der Waals surface area contributed by atoms with Gasteiger partial charge in [0.1, 0.15) is 11.8 Å². The number of carbonyl (C=O) groups excluding carboxylic acids is 3. The molecule has 3 amide bonds. The summed E-state index contributed by atoms with van der Waals surface area (Å²) in [7, 11) is 0. The zero-order valence-electron chi connectivity index (χ0n) is 22.7. The van der Waals surface area contributed by atoms with Gasteiger partial charge < -0.3 is 25.7 Å². The van der Waals surface area contributed by atoms with Crippen molar-refractivity contribution in [3.05, 3.63) is 95.3 Å². The van der Waals surface area contributed by atoms with Crippen molar-refractivity contribution < 1.29 is 24.6 Å². The standard InChI is InChI=1S/C30H34N4O5S/c1-19-22(12-7-13-24(19)35)27(37)33-23(15-20-9-5-4-6-10-20)25(36)29(39)34-18-40-30(2,3)26(34)28(38)32-17-21-11-8-14-31-16-21/h4-14,16,23,25-26,35-36H,15,17-18H2,1-3H3,(H,32,38)(H,33,37). The minimum atomic E-state index is -1.62. The van der Waals surface area contributed by atoms with E-state index in [0.717, 1.165) is 11.1 Å². The Balaban J connectivity index is 1.56. The molecule has 1 fully saturated rings. The summed E-state index contributed by atoms with van der Waals surface area (Å²) in [5.41, 5.74) is 2.27. The molecule has 0 radical (unpaired) electrons. The zero-order chi connectivity index (χ0) is 28.9. The van der Waals surface area contributed by atoms with Crippen molar-refractivity contribution in [3.8, 4) is 5.75 Å². The molecule has 2 aromatic carbocycles. The number of hydrogen-bond donors (Lipinski definition) is 4. The third-order valence-corrected chi connectivity index (χ3v) is 8.44. The van der Waals surface area contributed by atoms with Crippen molar-refractivity contribution in [3.63, 3.8) is 0 Å². The van der Waals surface area contributed by atoms with Gasteiger partial charge in [-0.15, -0.1) is 11.8 Å². The highest BCUT2D eigenvalue weighted by Crippen LogP contribution is 2.40. The molecular formula is C30H34N4O5S. The van der Waals surface area contributed by atoms with E-state index in [0.29, 0.717) is 5.56 Å². The van der Waals surface area contributed by atoms with Crippen LogP contribution >= 0.6 is 11.8 Å². The van der Waals surface area contributed by atoms with Crippen molar-refractivity contribution in [2.24, 2.45) is 0 Å². The summed E-state index contributed by atoms with van der Waals surface area (Å²) in [5, 5.41) is 27.2. The van der Waals surface area contributed by atoms with Gasteiger partial charge in [-0.05, 0) is 56.5 Å². The topological polar surface area (TPSA) is 132 Å². The number of phenolic OH excluding ortho intramolecular Hbond substituents is 1. The summed E-state index contributed by atoms with van der Waals surface area (Å²) < 4.78 is -0.606. The van der Waals surface area contributed by atoms with Crippen LogP contribution in [0.15, 0.2) is 73.1 Å². The minimum absolute atomic E-state index is 0.0275. The van der Waals surface area contributed by atoms with Gasteiger partial charge in [0, 0.05) is 34.8 Å². The summed E-state index contributed by atoms with van der Waals surface area (Å²) in [6.07, 6.45) is 1.87. The van der Waals surface area contributed by atoms with Crippen LogP contribution in [0.2, 0.25) is 0 Å². The van der Waals surface area contributed by atoms with E-state index in [1.807, 2.05) is 50.2 Å². The van der Waals surface area contributed by atoms with Crippen molar-refractivity contribution in [1.82, 2.24) is 20.5 Å². The number of rotatable bonds is 9. The Kier molecular flexibility index (Phi) is 9.11. The fourth-order valence-corrected chi connectivity index (χ4v) is 5.91. The average Bonchev–Trinajstić information content (AvgIpc) is 3.27. The van der Waals surface area contributed by atoms with Crippen molar-refractivity contribution in [1.29, 1.82) is 0 Å². The molecule has 3 unspecified atom stereocenters. The molecule has 1 aliphatic rings. The molecule has 0 spiro atoms. The number of carbonyl (C=O) groups is 3. The smallest absolute Gasteiger partial charge is 0.254 e. The maximum absolute atomic E-state index is 13.8. The van der Waals surface area contributed by atoms with Gasteiger partial charge in [-0.1, -0.05) is 42.5 Å². The minimum Gasteiger partial charge on any atom is -0.508 e. The molecule has 4 N–H and O–H groups in total. The van der Waals surface area contributed by atoms with Gasteiger partial charge in [0.2, 0.25) is 5.91 Å². The van der Waals surface area contributed by atoms with Crippen molar-refractivity contribution in [2.45, 2.75) is 56.7 Å². The van der Waals surface area contributed by atoms with E-state index in [9.17, 15) is 24.6 Å². The first kappa shape index (κ1) is 29.1. The summed E-state index contributed by atoms with van der Waals surface area (Å²) in [4.78, 5) is 45.8. The Morgan fingerprint density at radius 2 is 1.80 bits per heavy atom. The number of aromatic hydroxyl groups is 1. The third-order valence-electron chi connectivity index (χ3n) is 7.07. The van der Waals surface area contributed by atoms with Crippen LogP contribution in [0.25, 0.3) is 0 Å². The first-order valence-electron chi connectivity index (χ1n) is 13.0. The number of phenols is 1. The van der Waals surface area contributed by atoms with Crippen molar-refractivity contribution >= 4 is 29.5 Å². The molecule has 0 saturated carbocycles. The molecule has 0 bridgehead atoms. The molecule has 40 heavy (non-hydrogen) atoms. The van der Waals surface area contributed by atoms with Crippen molar-refractivity contribution in [2.75, 3.05) is 5.88 Å². The van der Waals surface area contributed by atoms with Gasteiger partial charge in [-0.3, -0.25) is 19.4 Å². The maximum Gasteiger partial charge on any atom is 0.254 e. The van der Waals surface area contributed by atoms with Gasteiger partial charge in [0.15, 0.2) is 6.10 Å². The van der Waals surface area contributed by atoms with E-state index in [1.54, 1.807) is 37.5 Å². The summed E-state index contributed by atoms with van der Waals surface area (Å²) >= 11 is 1.45. The first-order chi connectivity index (χ1) is 19.1. The lowest BCUT2D eigenvalue weighted by molar-refractivity contribution is -0.147. The number of hydrogen-bond acceptors (Lipinski definition) is 7. The SMILES string of the molecule is Cc1c(O)cccc1C(=O)NC(Cc1ccccc1)C(O)C(=O)N1CSC(C)(C)C1C(=O)NCc1cccnc1. The molecule has 1 aromatic heterocycles. The Labute approximate surface area is 238 Å². The molecule has 3 aromatic rings. The molecule has 10 heteroatoms. The summed E-state index contributed by atoms with van der Waals surface area (Å²) in [5.74, 6) is -1.32. The fourth-order valence-electron chi connectivity index (χ4n) is 4.77. The monoisotopic (exact) mass is 562 g/mol. The van der Waals surface area contributed by atoms with Crippen LogP contribution in [-0.2, 0) is 22.6 Å². The number of aliphatic hydroxyl groups excluding tert-OH is 1. The van der Waals surface area contributed by atoms with Gasteiger partial charge in [-0.2, -0.15) is 0 Å². The quantitative estimate of drug-likeness (QED) is 0.315. The number of aromatic nitrogens is 1. The normalized spacial score (nSPS) is 17.6. The van der Waals surface area contributed by atoms with Gasteiger partial charge >= 0.3 is 0 Å². The number of nitrogens with zero attached hydrogens (tertiary/aromatic N) is 2. The van der Waals surface area contributed by atoms with Crippen LogP contribution in [0.3, 0.4) is 0 Å². The maximum atomic E-state index is 13.8. The molecule has 4 rings (SSSR count). The van der Waals surface area contributed by atoms with Gasteiger partial charge in [0.05, 0.1) is 11.9 Å². The van der Waals surface area contributed by atoms with Crippen LogP contribution in [0.5, 0.6) is 5.75 Å². The van der Waals surface area contributed by atoms with Crippen LogP contribution in [0.1, 0.15) is 40.9 Å². The summed E-state index contributed by atoms with van der Waals surface area (Å²) in [6.45, 7) is 5.65. The zero-order valence-corrected chi connectivity index (χ0v) is 23.5. The Morgan fingerprint density at radius 3 is 2.50 bits per heavy atom. The highest BCUT2D eigenvalue weighted by Gasteiger charge is 2.49. The lowest BCUT2D eigenvalue weighted by Crippen LogP contribution is -2.58. The van der Waals surface area contributed by atoms with E-state index in [1.165, 1.54) is 22.7 Å². The number of amides is 3. The first-order valence-corrected chi connectivity index (χ1v) is 14.0. The second kappa shape index (κ2) is 12.5. The number of benzene rings is 2. The number of nitrogens with one attached hydrogen (secondary N) is 2. The molecule has 3 atom stereocenters. The lowest BCUT2D eigenvalue weighted by Gasteiger charge is -2.33. The molecule has 0 aliphatic carbocycles. The van der Waals surface area contributed by atoms with E-state index < -0.39 is 34.7 Å². The number of thioether (sulfide) groups is 1. The Bertz CT molecular complexity index is 1350. The van der Waals surface area contributed by atoms with Crippen LogP contribution < -0.4 is 10.6 Å². The Hall–Kier alpha value is -3.89. The molecule has 1 saturated heterocycles. The third kappa shape index (κ3) is 6.63. The van der Waals surface area contributed by atoms with E-state index >= 15 is 0 Å². The van der Waals surface area contributed by atoms with Crippen LogP contribution in [0.4, 0.5) is 0 Å². The van der Waals surface area contributed by atoms with Gasteiger partial charge in [0.25, 0.3) is 11.8 Å². The summed E-state index contributed by atoms with van der Waals surface area (Å²) in [6, 6.07) is 15.6. The van der Waals surface area contributed by atoms with Crippen LogP contribution in [-0.4, -0.2) is 66.6 Å². The highest BCUT2D eigenvalue weighted by molar-refractivity contribution is 8.00. The molecule has 210 valence electrons. The van der Waals surface area contributed by atoms with E-state index in [-0.39, 0.29) is 36.1 Å². The fraction of sp³-hybridized carbons (Fsp3) is 0.333. The lowest BCUT2D eigenvalue weighted by atomic mass is 9.96. The van der Waals surface area contributed by atoms with E-state index in [2.05, 4.69) is 15.6 Å².